The Hall–Kier alpha value is -6.26. The van der Waals surface area contributed by atoms with Gasteiger partial charge in [-0.1, -0.05) is 153 Å². The smallest absolute Gasteiger partial charge is 0.243 e. The van der Waals surface area contributed by atoms with E-state index in [2.05, 4.69) is 99.0 Å². The molecule has 2 aromatic heterocycles. The molecule has 0 bridgehead atoms. The highest BCUT2D eigenvalue weighted by atomic mass is 35.5. The van der Waals surface area contributed by atoms with Crippen molar-refractivity contribution in [2.45, 2.75) is 114 Å². The summed E-state index contributed by atoms with van der Waals surface area (Å²) in [5.41, 5.74) is 11.5. The third kappa shape index (κ3) is 12.6. The third-order valence-electron chi connectivity index (χ3n) is 14.6. The van der Waals surface area contributed by atoms with Crippen LogP contribution in [-0.2, 0) is 64.5 Å². The van der Waals surface area contributed by atoms with Gasteiger partial charge in [-0.3, -0.25) is 0 Å². The molecule has 10 rings (SSSR count). The Morgan fingerprint density at radius 3 is 1.38 bits per heavy atom. The van der Waals surface area contributed by atoms with Crippen LogP contribution < -0.4 is 9.80 Å². The molecule has 0 saturated carbocycles. The van der Waals surface area contributed by atoms with Crippen LogP contribution in [0.25, 0.3) is 0 Å². The molecule has 0 aliphatic carbocycles. The van der Waals surface area contributed by atoms with Gasteiger partial charge in [0.1, 0.15) is 0 Å². The highest BCUT2D eigenvalue weighted by Crippen LogP contribution is 2.37. The fraction of sp³-hybridized carbons (Fsp3) is 0.300. The van der Waals surface area contributed by atoms with E-state index >= 15 is 0 Å². The summed E-state index contributed by atoms with van der Waals surface area (Å²) in [6.45, 7) is 12.9. The van der Waals surface area contributed by atoms with E-state index in [9.17, 15) is 16.8 Å². The van der Waals surface area contributed by atoms with Crippen molar-refractivity contribution in [1.29, 1.82) is 0 Å². The minimum atomic E-state index is -3.84. The zero-order chi connectivity index (χ0) is 53.6. The predicted octanol–water partition coefficient (Wildman–Crippen LogP) is 12.5. The van der Waals surface area contributed by atoms with E-state index in [1.54, 1.807) is 33.4 Å². The summed E-state index contributed by atoms with van der Waals surface area (Å²) in [5, 5.41) is 0.539. The van der Waals surface area contributed by atoms with Gasteiger partial charge in [-0.05, 0) is 115 Å². The highest BCUT2D eigenvalue weighted by molar-refractivity contribution is 7.89. The van der Waals surface area contributed by atoms with Crippen LogP contribution >= 0.6 is 23.2 Å². The maximum absolute atomic E-state index is 14.1. The average molecular weight is 1100 g/mol. The molecule has 12 nitrogen and oxygen atoms in total. The molecule has 6 aromatic carbocycles. The van der Waals surface area contributed by atoms with Gasteiger partial charge in [0.15, 0.2) is 0 Å². The number of sulfonamides is 2. The minimum Gasteiger partial charge on any atom is -0.361 e. The standard InChI is InChI=1S/C32H38N4O2S.C28H28Cl2N4O2S/c1-24-30(34-23-33-24)22-36-28(17-14-25-10-6-5-7-11-25)21-35(20-26-12-8-9-13-31(26)36)39(37,38)29-18-15-27(16-19-29)32(2,3)4;1-20-27(32-19-31-20)18-34-23(12-11-21-7-3-2-4-8-21)17-33(16-22-9-5-6-10-28(22)34)37(35,36)24-13-14-25(29)26(30)15-24/h5-13,15-16,18-19,23,28H,14,17,20-22H2,1-4H3,(H,33,34);2-10,13-15,19,23H,11-12,16-18H2,1H3,(H,31,32). The maximum Gasteiger partial charge on any atom is 0.243 e. The molecule has 0 fully saturated rings. The zero-order valence-electron chi connectivity index (χ0n) is 43.7. The SMILES string of the molecule is Cc1[nH]cnc1CN1c2ccccc2CN(S(=O)(=O)c2ccc(C(C)(C)C)cc2)CC1CCc1ccccc1.Cc1[nH]cnc1CN1c2ccccc2CN(S(=O)(=O)c2ccc(Cl)c(Cl)c2)CC1CCc1ccccc1. The number of benzene rings is 6. The number of anilines is 2. The first kappa shape index (κ1) is 54.5. The molecule has 0 spiro atoms. The van der Waals surface area contributed by atoms with Crippen LogP contribution in [0, 0.1) is 13.8 Å². The van der Waals surface area contributed by atoms with Gasteiger partial charge in [-0.2, -0.15) is 8.61 Å². The number of H-pyrrole nitrogens is 2. The Bertz CT molecular complexity index is 3460. The lowest BCUT2D eigenvalue weighted by Crippen LogP contribution is -2.43. The van der Waals surface area contributed by atoms with E-state index in [0.29, 0.717) is 42.6 Å². The van der Waals surface area contributed by atoms with E-state index in [4.69, 9.17) is 23.2 Å². The van der Waals surface area contributed by atoms with Gasteiger partial charge in [0.2, 0.25) is 20.0 Å². The average Bonchev–Trinajstić information content (AvgIpc) is 3.94. The van der Waals surface area contributed by atoms with Crippen molar-refractivity contribution in [3.05, 3.63) is 225 Å². The Labute approximate surface area is 458 Å². The van der Waals surface area contributed by atoms with Gasteiger partial charge in [-0.25, -0.2) is 26.8 Å². The molecule has 0 radical (unpaired) electrons. The van der Waals surface area contributed by atoms with Crippen LogP contribution in [0.4, 0.5) is 11.4 Å². The van der Waals surface area contributed by atoms with Crippen molar-refractivity contribution < 1.29 is 16.8 Å². The first-order valence-corrected chi connectivity index (χ1v) is 29.4. The minimum absolute atomic E-state index is 0.0337. The Balaban J connectivity index is 0.000000186. The summed E-state index contributed by atoms with van der Waals surface area (Å²) in [6, 6.07) is 48.7. The number of aromatic nitrogens is 4. The summed E-state index contributed by atoms with van der Waals surface area (Å²) in [5.74, 6) is 0. The molecule has 2 atom stereocenters. The second-order valence-corrected chi connectivity index (χ2v) is 25.5. The van der Waals surface area contributed by atoms with Crippen molar-refractivity contribution in [3.63, 3.8) is 0 Å². The Kier molecular flexibility index (Phi) is 16.9. The largest absolute Gasteiger partial charge is 0.361 e. The van der Waals surface area contributed by atoms with Gasteiger partial charge in [0, 0.05) is 61.0 Å². The lowest BCUT2D eigenvalue weighted by Gasteiger charge is -2.34. The van der Waals surface area contributed by atoms with E-state index in [1.165, 1.54) is 29.3 Å². The Morgan fingerprint density at radius 1 is 0.539 bits per heavy atom. The van der Waals surface area contributed by atoms with Gasteiger partial charge in [-0.15, -0.1) is 0 Å². The van der Waals surface area contributed by atoms with E-state index in [0.717, 1.165) is 76.5 Å². The summed E-state index contributed by atoms with van der Waals surface area (Å²) < 4.78 is 59.2. The molecular weight excluding hydrogens is 1030 g/mol. The molecule has 76 heavy (non-hydrogen) atoms. The molecule has 4 heterocycles. The topological polar surface area (TPSA) is 139 Å². The number of fused-ring (bicyclic) bond motifs is 2. The molecule has 2 unspecified atom stereocenters. The van der Waals surface area contributed by atoms with Crippen LogP contribution in [-0.4, -0.2) is 70.6 Å². The number of hydrogen-bond donors (Lipinski definition) is 2. The molecule has 0 saturated heterocycles. The number of nitrogens with zero attached hydrogens (tertiary/aromatic N) is 6. The van der Waals surface area contributed by atoms with Crippen molar-refractivity contribution >= 4 is 54.6 Å². The predicted molar refractivity (Wildman–Crippen MR) is 306 cm³/mol. The number of halogens is 2. The summed E-state index contributed by atoms with van der Waals surface area (Å²) >= 11 is 12.3. The second kappa shape index (κ2) is 23.5. The molecule has 2 N–H and O–H groups in total. The molecule has 8 aromatic rings. The molecule has 2 aliphatic heterocycles. The van der Waals surface area contributed by atoms with E-state index in [1.807, 2.05) is 86.6 Å². The number of aromatic amines is 2. The van der Waals surface area contributed by atoms with Gasteiger partial charge in [0.05, 0.1) is 57.0 Å². The van der Waals surface area contributed by atoms with E-state index < -0.39 is 20.0 Å². The maximum atomic E-state index is 14.1. The van der Waals surface area contributed by atoms with Crippen LogP contribution in [0.1, 0.15) is 84.2 Å². The van der Waals surface area contributed by atoms with Crippen LogP contribution in [0.15, 0.2) is 174 Å². The summed E-state index contributed by atoms with van der Waals surface area (Å²) in [6.07, 6.45) is 6.70. The fourth-order valence-electron chi connectivity index (χ4n) is 10.1. The molecule has 2 aliphatic rings. The number of rotatable bonds is 14. The van der Waals surface area contributed by atoms with Crippen molar-refractivity contribution in [2.75, 3.05) is 22.9 Å². The number of imidazole rings is 2. The molecule has 16 heteroatoms. The number of aryl methyl sites for hydroxylation is 4. The number of nitrogens with one attached hydrogen (secondary N) is 2. The van der Waals surface area contributed by atoms with Crippen molar-refractivity contribution in [3.8, 4) is 0 Å². The van der Waals surface area contributed by atoms with Crippen molar-refractivity contribution in [2.24, 2.45) is 0 Å². The van der Waals surface area contributed by atoms with Crippen LogP contribution in [0.5, 0.6) is 0 Å². The van der Waals surface area contributed by atoms with Crippen LogP contribution in [0.2, 0.25) is 10.0 Å². The first-order valence-electron chi connectivity index (χ1n) is 25.8. The second-order valence-electron chi connectivity index (χ2n) is 20.8. The zero-order valence-corrected chi connectivity index (χ0v) is 46.8. The molecule has 396 valence electrons. The van der Waals surface area contributed by atoms with E-state index in [-0.39, 0.29) is 34.0 Å². The molecule has 0 amide bonds. The number of hydrogen-bond acceptors (Lipinski definition) is 8. The van der Waals surface area contributed by atoms with Gasteiger partial charge in [0.25, 0.3) is 0 Å². The monoisotopic (exact) mass is 1100 g/mol. The van der Waals surface area contributed by atoms with Gasteiger partial charge >= 0.3 is 0 Å². The lowest BCUT2D eigenvalue weighted by atomic mass is 9.87. The quantitative estimate of drug-likeness (QED) is 0.110. The van der Waals surface area contributed by atoms with Crippen molar-refractivity contribution in [1.82, 2.24) is 28.5 Å². The third-order valence-corrected chi connectivity index (χ3v) is 19.0. The normalized spacial score (nSPS) is 16.5. The summed E-state index contributed by atoms with van der Waals surface area (Å²) in [7, 11) is -7.55. The lowest BCUT2D eigenvalue weighted by molar-refractivity contribution is 0.370. The van der Waals surface area contributed by atoms with Gasteiger partial charge < -0.3 is 19.8 Å². The fourth-order valence-corrected chi connectivity index (χ4v) is 13.4. The Morgan fingerprint density at radius 2 is 0.961 bits per heavy atom. The molecular formula is C60H66Cl2N8O4S2. The summed E-state index contributed by atoms with van der Waals surface area (Å²) in [4.78, 5) is 20.6. The first-order chi connectivity index (χ1) is 36.4. The number of para-hydroxylation sites is 2. The highest BCUT2D eigenvalue weighted by Gasteiger charge is 2.37. The van der Waals surface area contributed by atoms with Crippen LogP contribution in [0.3, 0.4) is 0 Å².